The van der Waals surface area contributed by atoms with Crippen LogP contribution in [0.2, 0.25) is 0 Å². The summed E-state index contributed by atoms with van der Waals surface area (Å²) in [5, 5.41) is 0. The zero-order valence-corrected chi connectivity index (χ0v) is 9.59. The first-order chi connectivity index (χ1) is 7.52. The van der Waals surface area contributed by atoms with Crippen LogP contribution in [-0.4, -0.2) is 5.78 Å². The van der Waals surface area contributed by atoms with E-state index in [1.54, 1.807) is 0 Å². The SMILES string of the molecule is CCCC(C)CC(=O)c1cc(F)cc(F)c1. The first kappa shape index (κ1) is 12.8. The molecule has 0 amide bonds. The number of rotatable bonds is 5. The maximum absolute atomic E-state index is 12.9. The van der Waals surface area contributed by atoms with E-state index in [4.69, 9.17) is 0 Å². The van der Waals surface area contributed by atoms with Gasteiger partial charge in [-0.05, 0) is 18.1 Å². The molecule has 88 valence electrons. The van der Waals surface area contributed by atoms with Crippen LogP contribution in [0.3, 0.4) is 0 Å². The highest BCUT2D eigenvalue weighted by Gasteiger charge is 2.12. The molecule has 1 unspecified atom stereocenters. The summed E-state index contributed by atoms with van der Waals surface area (Å²) in [4.78, 5) is 11.7. The molecule has 0 spiro atoms. The molecule has 0 aliphatic rings. The van der Waals surface area contributed by atoms with Crippen LogP contribution in [-0.2, 0) is 0 Å². The van der Waals surface area contributed by atoms with Crippen molar-refractivity contribution in [3.05, 3.63) is 35.4 Å². The van der Waals surface area contributed by atoms with E-state index < -0.39 is 11.6 Å². The van der Waals surface area contributed by atoms with E-state index in [1.165, 1.54) is 0 Å². The second-order valence-corrected chi connectivity index (χ2v) is 4.18. The van der Waals surface area contributed by atoms with Crippen LogP contribution in [0.5, 0.6) is 0 Å². The van der Waals surface area contributed by atoms with Gasteiger partial charge in [0.1, 0.15) is 11.6 Å². The highest BCUT2D eigenvalue weighted by Crippen LogP contribution is 2.16. The van der Waals surface area contributed by atoms with Gasteiger partial charge < -0.3 is 0 Å². The summed E-state index contributed by atoms with van der Waals surface area (Å²) in [6.45, 7) is 4.01. The van der Waals surface area contributed by atoms with Crippen LogP contribution in [0.1, 0.15) is 43.5 Å². The number of ketones is 1. The standard InChI is InChI=1S/C13H16F2O/c1-3-4-9(2)5-13(16)10-6-11(14)8-12(15)7-10/h6-9H,3-5H2,1-2H3. The van der Waals surface area contributed by atoms with Crippen LogP contribution < -0.4 is 0 Å². The molecule has 0 aliphatic carbocycles. The van der Waals surface area contributed by atoms with Crippen LogP contribution in [0.25, 0.3) is 0 Å². The molecule has 0 fully saturated rings. The fourth-order valence-electron chi connectivity index (χ4n) is 1.74. The van der Waals surface area contributed by atoms with Crippen molar-refractivity contribution < 1.29 is 13.6 Å². The Balaban J connectivity index is 2.72. The molecule has 1 nitrogen and oxygen atoms in total. The molecule has 3 heteroatoms. The number of halogens is 2. The average Bonchev–Trinajstić information content (AvgIpc) is 2.16. The Morgan fingerprint density at radius 3 is 2.31 bits per heavy atom. The molecule has 0 saturated heterocycles. The maximum atomic E-state index is 12.9. The first-order valence-electron chi connectivity index (χ1n) is 5.52. The summed E-state index contributed by atoms with van der Waals surface area (Å²) in [7, 11) is 0. The van der Waals surface area contributed by atoms with E-state index in [0.717, 1.165) is 31.0 Å². The molecular weight excluding hydrogens is 210 g/mol. The molecular formula is C13H16F2O. The molecule has 16 heavy (non-hydrogen) atoms. The molecule has 0 aromatic heterocycles. The van der Waals surface area contributed by atoms with Crippen molar-refractivity contribution in [3.63, 3.8) is 0 Å². The van der Waals surface area contributed by atoms with Gasteiger partial charge in [0, 0.05) is 18.1 Å². The number of Topliss-reactive ketones (excluding diaryl/α,β-unsaturated/α-hetero) is 1. The molecule has 1 rings (SSSR count). The summed E-state index contributed by atoms with van der Waals surface area (Å²) < 4.78 is 25.8. The van der Waals surface area contributed by atoms with Crippen LogP contribution in [0, 0.1) is 17.6 Å². The van der Waals surface area contributed by atoms with E-state index in [2.05, 4.69) is 0 Å². The lowest BCUT2D eigenvalue weighted by Crippen LogP contribution is -2.06. The predicted molar refractivity (Wildman–Crippen MR) is 59.4 cm³/mol. The molecule has 0 bridgehead atoms. The summed E-state index contributed by atoms with van der Waals surface area (Å²) in [6.07, 6.45) is 2.30. The number of hydrogen-bond donors (Lipinski definition) is 0. The van der Waals surface area contributed by atoms with Gasteiger partial charge in [0.15, 0.2) is 5.78 Å². The smallest absolute Gasteiger partial charge is 0.163 e. The molecule has 0 radical (unpaired) electrons. The number of benzene rings is 1. The van der Waals surface area contributed by atoms with E-state index in [0.29, 0.717) is 6.42 Å². The van der Waals surface area contributed by atoms with Crippen LogP contribution >= 0.6 is 0 Å². The van der Waals surface area contributed by atoms with Gasteiger partial charge in [0.25, 0.3) is 0 Å². The summed E-state index contributed by atoms with van der Waals surface area (Å²) in [5.41, 5.74) is 0.125. The Morgan fingerprint density at radius 1 is 1.25 bits per heavy atom. The predicted octanol–water partition coefficient (Wildman–Crippen LogP) is 3.97. The highest BCUT2D eigenvalue weighted by atomic mass is 19.1. The van der Waals surface area contributed by atoms with E-state index >= 15 is 0 Å². The molecule has 1 aromatic carbocycles. The minimum Gasteiger partial charge on any atom is -0.294 e. The van der Waals surface area contributed by atoms with Crippen molar-refractivity contribution in [2.24, 2.45) is 5.92 Å². The minimum atomic E-state index is -0.702. The number of carbonyl (C=O) groups is 1. The lowest BCUT2D eigenvalue weighted by atomic mass is 9.96. The lowest BCUT2D eigenvalue weighted by Gasteiger charge is -2.08. The van der Waals surface area contributed by atoms with Gasteiger partial charge in [-0.25, -0.2) is 8.78 Å². The Hall–Kier alpha value is -1.25. The van der Waals surface area contributed by atoms with Gasteiger partial charge in [0.05, 0.1) is 0 Å². The zero-order valence-electron chi connectivity index (χ0n) is 9.59. The molecule has 1 aromatic rings. The third kappa shape index (κ3) is 3.72. The van der Waals surface area contributed by atoms with Crippen LogP contribution in [0.4, 0.5) is 8.78 Å². The van der Waals surface area contributed by atoms with E-state index in [9.17, 15) is 13.6 Å². The monoisotopic (exact) mass is 226 g/mol. The molecule has 0 aliphatic heterocycles. The third-order valence-electron chi connectivity index (χ3n) is 2.50. The van der Waals surface area contributed by atoms with Gasteiger partial charge in [-0.1, -0.05) is 26.7 Å². The zero-order chi connectivity index (χ0) is 12.1. The Bertz CT molecular complexity index is 354. The van der Waals surface area contributed by atoms with Crippen molar-refractivity contribution in [1.29, 1.82) is 0 Å². The largest absolute Gasteiger partial charge is 0.294 e. The van der Waals surface area contributed by atoms with Gasteiger partial charge in [-0.2, -0.15) is 0 Å². The topological polar surface area (TPSA) is 17.1 Å². The molecule has 0 heterocycles. The lowest BCUT2D eigenvalue weighted by molar-refractivity contribution is 0.0961. The van der Waals surface area contributed by atoms with Gasteiger partial charge in [0.2, 0.25) is 0 Å². The molecule has 1 atom stereocenters. The van der Waals surface area contributed by atoms with Gasteiger partial charge >= 0.3 is 0 Å². The summed E-state index contributed by atoms with van der Waals surface area (Å²) >= 11 is 0. The summed E-state index contributed by atoms with van der Waals surface area (Å²) in [6, 6.07) is 2.94. The third-order valence-corrected chi connectivity index (χ3v) is 2.50. The van der Waals surface area contributed by atoms with Crippen LogP contribution in [0.15, 0.2) is 18.2 Å². The second-order valence-electron chi connectivity index (χ2n) is 4.18. The van der Waals surface area contributed by atoms with Crippen molar-refractivity contribution in [2.75, 3.05) is 0 Å². The fourth-order valence-corrected chi connectivity index (χ4v) is 1.74. The Kier molecular flexibility index (Phi) is 4.59. The van der Waals surface area contributed by atoms with Crippen molar-refractivity contribution in [3.8, 4) is 0 Å². The Morgan fingerprint density at radius 2 is 1.81 bits per heavy atom. The minimum absolute atomic E-state index is 0.125. The van der Waals surface area contributed by atoms with E-state index in [-0.39, 0.29) is 17.3 Å². The molecule has 0 N–H and O–H groups in total. The van der Waals surface area contributed by atoms with Crippen molar-refractivity contribution in [2.45, 2.75) is 33.1 Å². The highest BCUT2D eigenvalue weighted by molar-refractivity contribution is 5.96. The summed E-state index contributed by atoms with van der Waals surface area (Å²) in [5.74, 6) is -1.35. The van der Waals surface area contributed by atoms with Gasteiger partial charge in [-0.3, -0.25) is 4.79 Å². The average molecular weight is 226 g/mol. The first-order valence-corrected chi connectivity index (χ1v) is 5.52. The molecule has 0 saturated carbocycles. The van der Waals surface area contributed by atoms with Gasteiger partial charge in [-0.15, -0.1) is 0 Å². The number of carbonyl (C=O) groups excluding carboxylic acids is 1. The van der Waals surface area contributed by atoms with Crippen molar-refractivity contribution >= 4 is 5.78 Å². The van der Waals surface area contributed by atoms with E-state index in [1.807, 2.05) is 13.8 Å². The quantitative estimate of drug-likeness (QED) is 0.694. The maximum Gasteiger partial charge on any atom is 0.163 e. The second kappa shape index (κ2) is 5.73. The Labute approximate surface area is 94.5 Å². The normalized spacial score (nSPS) is 12.5. The number of hydrogen-bond acceptors (Lipinski definition) is 1. The van der Waals surface area contributed by atoms with Crippen molar-refractivity contribution in [1.82, 2.24) is 0 Å². The fraction of sp³-hybridized carbons (Fsp3) is 0.462.